The average Bonchev–Trinajstić information content (AvgIpc) is 2.24. The first-order chi connectivity index (χ1) is 8.31. The zero-order valence-electron chi connectivity index (χ0n) is 11.4. The fourth-order valence-corrected chi connectivity index (χ4v) is 2.49. The average molecular weight is 313 g/mol. The van der Waals surface area contributed by atoms with Crippen LogP contribution in [0.3, 0.4) is 0 Å². The van der Waals surface area contributed by atoms with Crippen molar-refractivity contribution in [2.45, 2.75) is 33.2 Å². The van der Waals surface area contributed by atoms with E-state index < -0.39 is 0 Å². The summed E-state index contributed by atoms with van der Waals surface area (Å²) in [5.74, 6) is 0.582. The summed E-state index contributed by atoms with van der Waals surface area (Å²) in [6, 6.07) is 5.52. The molecule has 1 aromatic carbocycles. The van der Waals surface area contributed by atoms with Gasteiger partial charge in [-0.2, -0.15) is 0 Å². The lowest BCUT2D eigenvalue weighted by atomic mass is 10.0. The summed E-state index contributed by atoms with van der Waals surface area (Å²) in [6.07, 6.45) is 0.992. The molecule has 1 aromatic rings. The van der Waals surface area contributed by atoms with Crippen LogP contribution in [0.25, 0.3) is 0 Å². The molecule has 0 heterocycles. The number of carbonyl (C=O) groups excluding carboxylic acids is 1. The molecule has 1 unspecified atom stereocenters. The quantitative estimate of drug-likeness (QED) is 0.864. The maximum Gasteiger partial charge on any atom is 0.253 e. The van der Waals surface area contributed by atoms with Crippen LogP contribution in [0, 0.1) is 5.92 Å². The van der Waals surface area contributed by atoms with Gasteiger partial charge < -0.3 is 10.6 Å². The highest BCUT2D eigenvalue weighted by atomic mass is 79.9. The fourth-order valence-electron chi connectivity index (χ4n) is 1.98. The number of halogens is 1. The molecule has 0 fully saturated rings. The highest BCUT2D eigenvalue weighted by Gasteiger charge is 2.18. The standard InChI is InChI=1S/C14H21BrN2O/c1-9(2)5-10(3)17(4)14(18)11-6-12(15)8-13(16)7-11/h6-10H,5,16H2,1-4H3. The molecule has 0 aliphatic carbocycles. The Morgan fingerprint density at radius 3 is 2.44 bits per heavy atom. The van der Waals surface area contributed by atoms with Gasteiger partial charge in [0.1, 0.15) is 0 Å². The largest absolute Gasteiger partial charge is 0.399 e. The SMILES string of the molecule is CC(C)CC(C)N(C)C(=O)c1cc(N)cc(Br)c1. The molecule has 18 heavy (non-hydrogen) atoms. The molecule has 0 saturated carbocycles. The first kappa shape index (κ1) is 15.0. The third-order valence-electron chi connectivity index (χ3n) is 2.96. The van der Waals surface area contributed by atoms with E-state index in [4.69, 9.17) is 5.73 Å². The minimum atomic E-state index is 0.0103. The lowest BCUT2D eigenvalue weighted by Crippen LogP contribution is -2.35. The van der Waals surface area contributed by atoms with Crippen molar-refractivity contribution >= 4 is 27.5 Å². The Bertz CT molecular complexity index is 412. The van der Waals surface area contributed by atoms with Gasteiger partial charge in [-0.05, 0) is 37.5 Å². The van der Waals surface area contributed by atoms with Gasteiger partial charge in [0.2, 0.25) is 0 Å². The van der Waals surface area contributed by atoms with Gasteiger partial charge in [0, 0.05) is 28.8 Å². The Kier molecular flexibility index (Phi) is 5.20. The molecule has 0 saturated heterocycles. The molecule has 2 N–H and O–H groups in total. The van der Waals surface area contributed by atoms with Crippen LogP contribution in [0.5, 0.6) is 0 Å². The molecule has 0 aliphatic rings. The van der Waals surface area contributed by atoms with Gasteiger partial charge in [-0.1, -0.05) is 29.8 Å². The maximum atomic E-state index is 12.3. The summed E-state index contributed by atoms with van der Waals surface area (Å²) in [5, 5.41) is 0. The molecular weight excluding hydrogens is 292 g/mol. The number of nitrogens with two attached hydrogens (primary N) is 1. The zero-order chi connectivity index (χ0) is 13.9. The van der Waals surface area contributed by atoms with Crippen LogP contribution in [0.1, 0.15) is 37.6 Å². The van der Waals surface area contributed by atoms with Gasteiger partial charge in [0.05, 0.1) is 0 Å². The van der Waals surface area contributed by atoms with Crippen LogP contribution in [0.4, 0.5) is 5.69 Å². The van der Waals surface area contributed by atoms with E-state index >= 15 is 0 Å². The van der Waals surface area contributed by atoms with Gasteiger partial charge in [0.15, 0.2) is 0 Å². The minimum Gasteiger partial charge on any atom is -0.399 e. The lowest BCUT2D eigenvalue weighted by molar-refractivity contribution is 0.0728. The van der Waals surface area contributed by atoms with Gasteiger partial charge in [0.25, 0.3) is 5.91 Å². The first-order valence-corrected chi connectivity index (χ1v) is 6.93. The summed E-state index contributed by atoms with van der Waals surface area (Å²) in [5.41, 5.74) is 6.97. The number of benzene rings is 1. The normalized spacial score (nSPS) is 12.6. The fraction of sp³-hybridized carbons (Fsp3) is 0.500. The van der Waals surface area contributed by atoms with Crippen LogP contribution >= 0.6 is 15.9 Å². The predicted molar refractivity (Wildman–Crippen MR) is 79.6 cm³/mol. The molecule has 100 valence electrons. The molecule has 1 atom stereocenters. The van der Waals surface area contributed by atoms with Gasteiger partial charge in [-0.25, -0.2) is 0 Å². The Hall–Kier alpha value is -1.03. The Morgan fingerprint density at radius 1 is 1.33 bits per heavy atom. The lowest BCUT2D eigenvalue weighted by Gasteiger charge is -2.26. The molecule has 3 nitrogen and oxygen atoms in total. The number of nitrogens with zero attached hydrogens (tertiary/aromatic N) is 1. The van der Waals surface area contributed by atoms with Crippen molar-refractivity contribution in [2.24, 2.45) is 5.92 Å². The van der Waals surface area contributed by atoms with Crippen molar-refractivity contribution < 1.29 is 4.79 Å². The van der Waals surface area contributed by atoms with Crippen LogP contribution < -0.4 is 5.73 Å². The number of anilines is 1. The second kappa shape index (κ2) is 6.23. The van der Waals surface area contributed by atoms with Crippen LogP contribution in [-0.4, -0.2) is 23.9 Å². The number of hydrogen-bond donors (Lipinski definition) is 1. The van der Waals surface area contributed by atoms with Crippen molar-refractivity contribution in [3.8, 4) is 0 Å². The predicted octanol–water partition coefficient (Wildman–Crippen LogP) is 3.54. The summed E-state index contributed by atoms with van der Waals surface area (Å²) in [6.45, 7) is 6.39. The Balaban J connectivity index is 2.86. The van der Waals surface area contributed by atoms with Crippen LogP contribution in [0.2, 0.25) is 0 Å². The minimum absolute atomic E-state index is 0.0103. The van der Waals surface area contributed by atoms with Crippen molar-refractivity contribution in [3.63, 3.8) is 0 Å². The Morgan fingerprint density at radius 2 is 1.94 bits per heavy atom. The summed E-state index contributed by atoms with van der Waals surface area (Å²) >= 11 is 3.36. The summed E-state index contributed by atoms with van der Waals surface area (Å²) in [4.78, 5) is 14.1. The van der Waals surface area contributed by atoms with Gasteiger partial charge in [-0.3, -0.25) is 4.79 Å². The molecule has 0 aromatic heterocycles. The van der Waals surface area contributed by atoms with Crippen molar-refractivity contribution in [1.29, 1.82) is 0 Å². The summed E-state index contributed by atoms with van der Waals surface area (Å²) < 4.78 is 0.829. The third kappa shape index (κ3) is 4.02. The third-order valence-corrected chi connectivity index (χ3v) is 3.42. The van der Waals surface area contributed by atoms with Crippen molar-refractivity contribution in [1.82, 2.24) is 4.90 Å². The Labute approximate surface area is 117 Å². The highest BCUT2D eigenvalue weighted by molar-refractivity contribution is 9.10. The van der Waals surface area contributed by atoms with Crippen LogP contribution in [-0.2, 0) is 0 Å². The van der Waals surface area contributed by atoms with E-state index in [1.165, 1.54) is 0 Å². The number of nitrogen functional groups attached to an aromatic ring is 1. The zero-order valence-corrected chi connectivity index (χ0v) is 13.0. The number of rotatable bonds is 4. The number of hydrogen-bond acceptors (Lipinski definition) is 2. The van der Waals surface area contributed by atoms with Crippen molar-refractivity contribution in [3.05, 3.63) is 28.2 Å². The molecule has 4 heteroatoms. The molecule has 0 spiro atoms. The molecule has 1 rings (SSSR count). The van der Waals surface area contributed by atoms with E-state index in [1.807, 2.05) is 7.05 Å². The molecular formula is C14H21BrN2O. The number of amides is 1. The molecule has 0 bridgehead atoms. The van der Waals surface area contributed by atoms with Crippen molar-refractivity contribution in [2.75, 3.05) is 12.8 Å². The van der Waals surface area contributed by atoms with Gasteiger partial charge >= 0.3 is 0 Å². The first-order valence-electron chi connectivity index (χ1n) is 6.14. The topological polar surface area (TPSA) is 46.3 Å². The molecule has 1 amide bonds. The maximum absolute atomic E-state index is 12.3. The van der Waals surface area contributed by atoms with Gasteiger partial charge in [-0.15, -0.1) is 0 Å². The molecule has 0 radical (unpaired) electrons. The number of carbonyl (C=O) groups is 1. The second-order valence-electron chi connectivity index (χ2n) is 5.17. The van der Waals surface area contributed by atoms with E-state index in [1.54, 1.807) is 23.1 Å². The monoisotopic (exact) mass is 312 g/mol. The second-order valence-corrected chi connectivity index (χ2v) is 6.08. The highest BCUT2D eigenvalue weighted by Crippen LogP contribution is 2.20. The molecule has 0 aliphatic heterocycles. The van der Waals surface area contributed by atoms with E-state index in [9.17, 15) is 4.79 Å². The van der Waals surface area contributed by atoms with E-state index in [2.05, 4.69) is 36.7 Å². The van der Waals surface area contributed by atoms with E-state index in [-0.39, 0.29) is 11.9 Å². The van der Waals surface area contributed by atoms with Crippen LogP contribution in [0.15, 0.2) is 22.7 Å². The summed E-state index contributed by atoms with van der Waals surface area (Å²) in [7, 11) is 1.84. The van der Waals surface area contributed by atoms with E-state index in [0.29, 0.717) is 17.2 Å². The van der Waals surface area contributed by atoms with E-state index in [0.717, 1.165) is 10.9 Å². The smallest absolute Gasteiger partial charge is 0.253 e.